The number of nitrogens with one attached hydrogen (secondary N) is 1. The molecule has 0 amide bonds. The lowest BCUT2D eigenvalue weighted by Gasteiger charge is -2.29. The number of hydrogen-bond acceptors (Lipinski definition) is 3. The summed E-state index contributed by atoms with van der Waals surface area (Å²) in [6.07, 6.45) is 3.96. The van der Waals surface area contributed by atoms with Crippen molar-refractivity contribution >= 4 is 5.97 Å². The number of hydrogen-bond donors (Lipinski definition) is 1. The van der Waals surface area contributed by atoms with Crippen LogP contribution >= 0.6 is 0 Å². The molecule has 2 unspecified atom stereocenters. The second-order valence-electron chi connectivity index (χ2n) is 5.22. The maximum atomic E-state index is 11.5. The molecule has 1 aromatic rings. The zero-order chi connectivity index (χ0) is 13.7. The Kier molecular flexibility index (Phi) is 4.97. The van der Waals surface area contributed by atoms with Crippen molar-refractivity contribution in [2.45, 2.75) is 51.6 Å². The predicted molar refractivity (Wildman–Crippen MR) is 76.0 cm³/mol. The Morgan fingerprint density at radius 3 is 3.05 bits per heavy atom. The number of ether oxygens (including phenoxy) is 1. The Hall–Kier alpha value is -1.35. The van der Waals surface area contributed by atoms with E-state index in [1.54, 1.807) is 0 Å². The summed E-state index contributed by atoms with van der Waals surface area (Å²) in [6.45, 7) is 4.35. The Labute approximate surface area is 115 Å². The minimum Gasteiger partial charge on any atom is -0.466 e. The lowest BCUT2D eigenvalue weighted by atomic mass is 9.87. The molecule has 3 heteroatoms. The smallest absolute Gasteiger partial charge is 0.307 e. The van der Waals surface area contributed by atoms with Gasteiger partial charge in [-0.25, -0.2) is 0 Å². The fourth-order valence-electron chi connectivity index (χ4n) is 2.80. The van der Waals surface area contributed by atoms with Crippen LogP contribution in [0.1, 0.15) is 50.3 Å². The molecule has 0 aliphatic heterocycles. The van der Waals surface area contributed by atoms with E-state index in [-0.39, 0.29) is 12.0 Å². The van der Waals surface area contributed by atoms with Crippen LogP contribution < -0.4 is 5.32 Å². The van der Waals surface area contributed by atoms with Gasteiger partial charge in [0.15, 0.2) is 0 Å². The van der Waals surface area contributed by atoms with Crippen molar-refractivity contribution < 1.29 is 9.53 Å². The second kappa shape index (κ2) is 6.71. The van der Waals surface area contributed by atoms with E-state index in [0.717, 1.165) is 6.42 Å². The van der Waals surface area contributed by atoms with Crippen molar-refractivity contribution in [3.8, 4) is 0 Å². The quantitative estimate of drug-likeness (QED) is 0.828. The van der Waals surface area contributed by atoms with Gasteiger partial charge in [-0.05, 0) is 44.2 Å². The van der Waals surface area contributed by atoms with E-state index in [2.05, 4.69) is 29.6 Å². The molecule has 3 nitrogen and oxygen atoms in total. The molecule has 0 spiro atoms. The van der Waals surface area contributed by atoms with Crippen LogP contribution in [0, 0.1) is 0 Å². The largest absolute Gasteiger partial charge is 0.466 e. The van der Waals surface area contributed by atoms with Gasteiger partial charge >= 0.3 is 5.97 Å². The van der Waals surface area contributed by atoms with Crippen LogP contribution in [0.4, 0.5) is 0 Å². The Morgan fingerprint density at radius 2 is 2.26 bits per heavy atom. The maximum absolute atomic E-state index is 11.5. The molecular weight excluding hydrogens is 238 g/mol. The first-order valence-electron chi connectivity index (χ1n) is 7.20. The number of esters is 1. The first-order chi connectivity index (χ1) is 9.20. The highest BCUT2D eigenvalue weighted by atomic mass is 16.5. The van der Waals surface area contributed by atoms with Gasteiger partial charge in [-0.15, -0.1) is 0 Å². The lowest BCUT2D eigenvalue weighted by Crippen LogP contribution is -2.34. The van der Waals surface area contributed by atoms with Gasteiger partial charge in [-0.2, -0.15) is 0 Å². The van der Waals surface area contributed by atoms with Gasteiger partial charge in [-0.3, -0.25) is 4.79 Å². The summed E-state index contributed by atoms with van der Waals surface area (Å²) in [5, 5.41) is 3.56. The maximum Gasteiger partial charge on any atom is 0.307 e. The van der Waals surface area contributed by atoms with Crippen LogP contribution in [0.15, 0.2) is 24.3 Å². The van der Waals surface area contributed by atoms with Crippen molar-refractivity contribution in [2.75, 3.05) is 6.61 Å². The average Bonchev–Trinajstić information content (AvgIpc) is 2.39. The van der Waals surface area contributed by atoms with E-state index in [9.17, 15) is 4.79 Å². The number of benzene rings is 1. The van der Waals surface area contributed by atoms with E-state index < -0.39 is 0 Å². The first kappa shape index (κ1) is 14.1. The third kappa shape index (κ3) is 3.80. The first-order valence-corrected chi connectivity index (χ1v) is 7.20. The molecular formula is C16H23NO2. The van der Waals surface area contributed by atoms with E-state index in [4.69, 9.17) is 4.74 Å². The molecule has 0 bridgehead atoms. The average molecular weight is 261 g/mol. The highest BCUT2D eigenvalue weighted by Crippen LogP contribution is 2.29. The molecule has 104 valence electrons. The topological polar surface area (TPSA) is 38.3 Å². The van der Waals surface area contributed by atoms with Crippen LogP contribution in [0.3, 0.4) is 0 Å². The van der Waals surface area contributed by atoms with E-state index in [1.165, 1.54) is 24.0 Å². The zero-order valence-corrected chi connectivity index (χ0v) is 11.8. The summed E-state index contributed by atoms with van der Waals surface area (Å²) in [5.74, 6) is -0.119. The minimum absolute atomic E-state index is 0.119. The highest BCUT2D eigenvalue weighted by molar-refractivity contribution is 5.70. The van der Waals surface area contributed by atoms with Crippen molar-refractivity contribution in [1.29, 1.82) is 0 Å². The number of aryl methyl sites for hydroxylation is 1. The van der Waals surface area contributed by atoms with Crippen LogP contribution in [0.25, 0.3) is 0 Å². The normalized spacial score (nSPS) is 19.6. The van der Waals surface area contributed by atoms with Gasteiger partial charge in [0.05, 0.1) is 13.0 Å². The number of fused-ring (bicyclic) bond motifs is 1. The van der Waals surface area contributed by atoms with Gasteiger partial charge in [-0.1, -0.05) is 24.3 Å². The molecule has 1 aromatic carbocycles. The molecule has 19 heavy (non-hydrogen) atoms. The van der Waals surface area contributed by atoms with E-state index in [1.807, 2.05) is 13.8 Å². The Balaban J connectivity index is 1.95. The molecule has 2 rings (SSSR count). The molecule has 0 fully saturated rings. The summed E-state index contributed by atoms with van der Waals surface area (Å²) in [4.78, 5) is 11.5. The molecule has 0 aromatic heterocycles. The Morgan fingerprint density at radius 1 is 1.47 bits per heavy atom. The summed E-state index contributed by atoms with van der Waals surface area (Å²) >= 11 is 0. The molecule has 2 atom stereocenters. The molecule has 0 saturated carbocycles. The van der Waals surface area contributed by atoms with Gasteiger partial charge in [0.25, 0.3) is 0 Å². The van der Waals surface area contributed by atoms with Crippen molar-refractivity contribution in [3.05, 3.63) is 35.4 Å². The molecule has 0 saturated heterocycles. The van der Waals surface area contributed by atoms with Crippen LogP contribution in [0.2, 0.25) is 0 Å². The fourth-order valence-corrected chi connectivity index (χ4v) is 2.80. The van der Waals surface area contributed by atoms with Crippen molar-refractivity contribution in [2.24, 2.45) is 0 Å². The highest BCUT2D eigenvalue weighted by Gasteiger charge is 2.21. The third-order valence-corrected chi connectivity index (χ3v) is 3.63. The fraction of sp³-hybridized carbons (Fsp3) is 0.562. The molecule has 1 aliphatic carbocycles. The number of carbonyl (C=O) groups is 1. The van der Waals surface area contributed by atoms with Gasteiger partial charge < -0.3 is 10.1 Å². The standard InChI is InChI=1S/C16H23NO2/c1-3-19-16(18)11-12(2)17-15-10-6-8-13-7-4-5-9-14(13)15/h4-5,7,9,12,15,17H,3,6,8,10-11H2,1-2H3. The summed E-state index contributed by atoms with van der Waals surface area (Å²) < 4.78 is 4.99. The third-order valence-electron chi connectivity index (χ3n) is 3.63. The summed E-state index contributed by atoms with van der Waals surface area (Å²) in [5.41, 5.74) is 2.83. The molecule has 0 heterocycles. The van der Waals surface area contributed by atoms with Crippen LogP contribution in [-0.2, 0) is 16.0 Å². The van der Waals surface area contributed by atoms with Crippen LogP contribution in [-0.4, -0.2) is 18.6 Å². The predicted octanol–water partition coefficient (Wildman–Crippen LogP) is 3.00. The monoisotopic (exact) mass is 261 g/mol. The lowest BCUT2D eigenvalue weighted by molar-refractivity contribution is -0.143. The SMILES string of the molecule is CCOC(=O)CC(C)NC1CCCc2ccccc21. The summed E-state index contributed by atoms with van der Waals surface area (Å²) in [6, 6.07) is 9.12. The second-order valence-corrected chi connectivity index (χ2v) is 5.22. The van der Waals surface area contributed by atoms with E-state index >= 15 is 0 Å². The van der Waals surface area contributed by atoms with E-state index in [0.29, 0.717) is 19.1 Å². The van der Waals surface area contributed by atoms with Crippen molar-refractivity contribution in [3.63, 3.8) is 0 Å². The molecule has 1 N–H and O–H groups in total. The minimum atomic E-state index is -0.119. The van der Waals surface area contributed by atoms with Crippen LogP contribution in [0.5, 0.6) is 0 Å². The van der Waals surface area contributed by atoms with Gasteiger partial charge in [0.2, 0.25) is 0 Å². The zero-order valence-electron chi connectivity index (χ0n) is 11.8. The Bertz CT molecular complexity index is 431. The van der Waals surface area contributed by atoms with Gasteiger partial charge in [0, 0.05) is 12.1 Å². The molecule has 1 aliphatic rings. The van der Waals surface area contributed by atoms with Crippen molar-refractivity contribution in [1.82, 2.24) is 5.32 Å². The van der Waals surface area contributed by atoms with Gasteiger partial charge in [0.1, 0.15) is 0 Å². The summed E-state index contributed by atoms with van der Waals surface area (Å²) in [7, 11) is 0. The number of rotatable bonds is 5. The number of carbonyl (C=O) groups excluding carboxylic acids is 1. The molecule has 0 radical (unpaired) electrons.